The maximum absolute atomic E-state index is 12.1. The van der Waals surface area contributed by atoms with Crippen LogP contribution < -0.4 is 15.8 Å². The number of benzene rings is 2. The van der Waals surface area contributed by atoms with Crippen LogP contribution in [-0.4, -0.2) is 36.4 Å². The highest BCUT2D eigenvalue weighted by atomic mass is 16.5. The molecule has 6 heteroatoms. The monoisotopic (exact) mass is 381 g/mol. The van der Waals surface area contributed by atoms with E-state index in [0.29, 0.717) is 12.3 Å². The van der Waals surface area contributed by atoms with Crippen molar-refractivity contribution in [2.45, 2.75) is 26.3 Å². The number of hydrogen-bond acceptors (Lipinski definition) is 4. The van der Waals surface area contributed by atoms with Gasteiger partial charge in [0.1, 0.15) is 5.75 Å². The first-order chi connectivity index (χ1) is 13.5. The van der Waals surface area contributed by atoms with Gasteiger partial charge in [0.25, 0.3) is 5.91 Å². The summed E-state index contributed by atoms with van der Waals surface area (Å²) in [5.41, 5.74) is 8.40. The highest BCUT2D eigenvalue weighted by molar-refractivity contribution is 5.91. The number of ether oxygens (including phenoxy) is 1. The summed E-state index contributed by atoms with van der Waals surface area (Å²) in [4.78, 5) is 25.7. The van der Waals surface area contributed by atoms with E-state index in [4.69, 9.17) is 10.5 Å². The van der Waals surface area contributed by atoms with Crippen molar-refractivity contribution in [2.75, 3.05) is 25.0 Å². The first kappa shape index (κ1) is 19.9. The topological polar surface area (TPSA) is 84.7 Å². The Labute approximate surface area is 165 Å². The molecular formula is C22H27N3O3. The molecule has 1 fully saturated rings. The number of anilines is 1. The van der Waals surface area contributed by atoms with E-state index in [9.17, 15) is 9.59 Å². The molecule has 0 saturated carbocycles. The molecule has 6 nitrogen and oxygen atoms in total. The standard InChI is InChI=1S/C22H27N3O3/c1-16-4-2-6-20(12-16)28-15-21(26)24-19-9-7-17(8-10-19)13-25-11-3-5-18(14-25)22(23)27/h2,4,6-10,12,18H,3,5,11,13-15H2,1H3,(H2,23,27)(H,24,26). The van der Waals surface area contributed by atoms with Crippen LogP contribution in [-0.2, 0) is 16.1 Å². The van der Waals surface area contributed by atoms with Crippen LogP contribution in [0.5, 0.6) is 5.75 Å². The number of hydrogen-bond donors (Lipinski definition) is 2. The Morgan fingerprint density at radius 2 is 2.00 bits per heavy atom. The molecular weight excluding hydrogens is 354 g/mol. The number of aryl methyl sites for hydroxylation is 1. The van der Waals surface area contributed by atoms with Crippen LogP contribution >= 0.6 is 0 Å². The van der Waals surface area contributed by atoms with Gasteiger partial charge >= 0.3 is 0 Å². The third-order valence-corrected chi connectivity index (χ3v) is 4.91. The first-order valence-electron chi connectivity index (χ1n) is 9.59. The molecule has 148 valence electrons. The van der Waals surface area contributed by atoms with Gasteiger partial charge < -0.3 is 15.8 Å². The SMILES string of the molecule is Cc1cccc(OCC(=O)Nc2ccc(CN3CCCC(C(N)=O)C3)cc2)c1. The van der Waals surface area contributed by atoms with Crippen LogP contribution in [0.25, 0.3) is 0 Å². The second kappa shape index (κ2) is 9.37. The van der Waals surface area contributed by atoms with E-state index in [1.165, 1.54) is 0 Å². The highest BCUT2D eigenvalue weighted by Crippen LogP contribution is 2.19. The smallest absolute Gasteiger partial charge is 0.262 e. The summed E-state index contributed by atoms with van der Waals surface area (Å²) >= 11 is 0. The molecule has 0 aromatic heterocycles. The molecule has 1 unspecified atom stereocenters. The maximum atomic E-state index is 12.1. The number of nitrogens with one attached hydrogen (secondary N) is 1. The number of nitrogens with two attached hydrogens (primary N) is 1. The fourth-order valence-corrected chi connectivity index (χ4v) is 3.43. The van der Waals surface area contributed by atoms with Gasteiger partial charge in [-0.15, -0.1) is 0 Å². The molecule has 0 radical (unpaired) electrons. The van der Waals surface area contributed by atoms with E-state index in [1.54, 1.807) is 0 Å². The lowest BCUT2D eigenvalue weighted by Gasteiger charge is -2.31. The molecule has 3 N–H and O–H groups in total. The summed E-state index contributed by atoms with van der Waals surface area (Å²) in [5, 5.41) is 2.84. The molecule has 1 heterocycles. The molecule has 28 heavy (non-hydrogen) atoms. The number of likely N-dealkylation sites (tertiary alicyclic amines) is 1. The zero-order chi connectivity index (χ0) is 19.9. The van der Waals surface area contributed by atoms with Crippen LogP contribution in [0.1, 0.15) is 24.0 Å². The predicted molar refractivity (Wildman–Crippen MR) is 109 cm³/mol. The van der Waals surface area contributed by atoms with Crippen molar-refractivity contribution in [3.8, 4) is 5.75 Å². The van der Waals surface area contributed by atoms with Gasteiger partial charge in [0.05, 0.1) is 5.92 Å². The quantitative estimate of drug-likeness (QED) is 0.772. The predicted octanol–water partition coefficient (Wildman–Crippen LogP) is 2.71. The number of carbonyl (C=O) groups excluding carboxylic acids is 2. The molecule has 2 amide bonds. The van der Waals surface area contributed by atoms with E-state index in [-0.39, 0.29) is 24.3 Å². The third-order valence-electron chi connectivity index (χ3n) is 4.91. The zero-order valence-corrected chi connectivity index (χ0v) is 16.2. The lowest BCUT2D eigenvalue weighted by Crippen LogP contribution is -2.40. The summed E-state index contributed by atoms with van der Waals surface area (Å²) < 4.78 is 5.52. The largest absolute Gasteiger partial charge is 0.484 e. The van der Waals surface area contributed by atoms with Gasteiger partial charge in [-0.2, -0.15) is 0 Å². The van der Waals surface area contributed by atoms with Gasteiger partial charge in [-0.05, 0) is 61.7 Å². The molecule has 0 aliphatic carbocycles. The van der Waals surface area contributed by atoms with Crippen molar-refractivity contribution in [1.82, 2.24) is 4.90 Å². The second-order valence-corrected chi connectivity index (χ2v) is 7.33. The van der Waals surface area contributed by atoms with Crippen molar-refractivity contribution in [3.63, 3.8) is 0 Å². The van der Waals surface area contributed by atoms with Crippen LogP contribution in [0, 0.1) is 12.8 Å². The second-order valence-electron chi connectivity index (χ2n) is 7.33. The number of primary amides is 1. The molecule has 1 aliphatic heterocycles. The van der Waals surface area contributed by atoms with Gasteiger partial charge in [-0.1, -0.05) is 24.3 Å². The van der Waals surface area contributed by atoms with Crippen LogP contribution in [0.2, 0.25) is 0 Å². The fraction of sp³-hybridized carbons (Fsp3) is 0.364. The molecule has 2 aromatic rings. The van der Waals surface area contributed by atoms with E-state index >= 15 is 0 Å². The maximum Gasteiger partial charge on any atom is 0.262 e. The Hall–Kier alpha value is -2.86. The summed E-state index contributed by atoms with van der Waals surface area (Å²) in [7, 11) is 0. The van der Waals surface area contributed by atoms with Crippen LogP contribution in [0.15, 0.2) is 48.5 Å². The summed E-state index contributed by atoms with van der Waals surface area (Å²) in [5.74, 6) is 0.215. The van der Waals surface area contributed by atoms with E-state index < -0.39 is 0 Å². The van der Waals surface area contributed by atoms with Gasteiger partial charge in [-0.25, -0.2) is 0 Å². The van der Waals surface area contributed by atoms with E-state index in [1.807, 2.05) is 55.5 Å². The Kier molecular flexibility index (Phi) is 6.66. The molecule has 1 saturated heterocycles. The van der Waals surface area contributed by atoms with E-state index in [0.717, 1.165) is 42.7 Å². The van der Waals surface area contributed by atoms with Gasteiger partial charge in [-0.3, -0.25) is 14.5 Å². The Morgan fingerprint density at radius 3 is 2.71 bits per heavy atom. The minimum absolute atomic E-state index is 0.0342. The van der Waals surface area contributed by atoms with Crippen molar-refractivity contribution in [3.05, 3.63) is 59.7 Å². The van der Waals surface area contributed by atoms with Crippen molar-refractivity contribution in [2.24, 2.45) is 11.7 Å². The van der Waals surface area contributed by atoms with E-state index in [2.05, 4.69) is 10.2 Å². The Balaban J connectivity index is 1.47. The number of amides is 2. The van der Waals surface area contributed by atoms with Crippen molar-refractivity contribution < 1.29 is 14.3 Å². The molecule has 3 rings (SSSR count). The average molecular weight is 381 g/mol. The minimum Gasteiger partial charge on any atom is -0.484 e. The molecule has 0 spiro atoms. The lowest BCUT2D eigenvalue weighted by atomic mass is 9.97. The molecule has 1 atom stereocenters. The Bertz CT molecular complexity index is 820. The minimum atomic E-state index is -0.212. The average Bonchev–Trinajstić information content (AvgIpc) is 2.68. The van der Waals surface area contributed by atoms with Gasteiger partial charge in [0.15, 0.2) is 6.61 Å². The number of piperidine rings is 1. The van der Waals surface area contributed by atoms with Gasteiger partial charge in [0.2, 0.25) is 5.91 Å². The number of carbonyl (C=O) groups is 2. The van der Waals surface area contributed by atoms with Gasteiger partial charge in [0, 0.05) is 18.8 Å². The van der Waals surface area contributed by atoms with Crippen molar-refractivity contribution >= 4 is 17.5 Å². The van der Waals surface area contributed by atoms with Crippen LogP contribution in [0.4, 0.5) is 5.69 Å². The summed E-state index contributed by atoms with van der Waals surface area (Å²) in [6, 6.07) is 15.4. The summed E-state index contributed by atoms with van der Waals surface area (Å²) in [6.45, 7) is 4.40. The summed E-state index contributed by atoms with van der Waals surface area (Å²) in [6.07, 6.45) is 1.87. The van der Waals surface area contributed by atoms with Crippen LogP contribution in [0.3, 0.4) is 0 Å². The number of rotatable bonds is 7. The normalized spacial score (nSPS) is 17.1. The molecule has 1 aliphatic rings. The fourth-order valence-electron chi connectivity index (χ4n) is 3.43. The van der Waals surface area contributed by atoms with Crippen molar-refractivity contribution in [1.29, 1.82) is 0 Å². The first-order valence-corrected chi connectivity index (χ1v) is 9.59. The lowest BCUT2D eigenvalue weighted by molar-refractivity contribution is -0.123. The molecule has 0 bridgehead atoms. The zero-order valence-electron chi connectivity index (χ0n) is 16.2. The Morgan fingerprint density at radius 1 is 1.21 bits per heavy atom. The molecule has 2 aromatic carbocycles. The third kappa shape index (κ3) is 5.82. The number of nitrogens with zero attached hydrogens (tertiary/aromatic N) is 1. The highest BCUT2D eigenvalue weighted by Gasteiger charge is 2.23.